The number of aliphatic hydroxyl groups excluding tert-OH is 1. The topological polar surface area (TPSA) is 87.7 Å². The monoisotopic (exact) mass is 362 g/mol. The van der Waals surface area contributed by atoms with Crippen molar-refractivity contribution < 1.29 is 23.8 Å². The maximum Gasteiger partial charge on any atom is 0.222 e. The van der Waals surface area contributed by atoms with Gasteiger partial charge in [-0.3, -0.25) is 9.59 Å². The van der Waals surface area contributed by atoms with E-state index in [1.165, 1.54) is 19.1 Å². The molecular weight excluding hydrogens is 339 g/mol. The quantitative estimate of drug-likeness (QED) is 0.655. The summed E-state index contributed by atoms with van der Waals surface area (Å²) in [7, 11) is 0. The van der Waals surface area contributed by atoms with Gasteiger partial charge in [0.1, 0.15) is 18.2 Å². The summed E-state index contributed by atoms with van der Waals surface area (Å²) in [5.41, 5.74) is 0.739. The Hall–Kier alpha value is -2.67. The normalized spacial score (nSPS) is 17.2. The summed E-state index contributed by atoms with van der Waals surface area (Å²) in [4.78, 5) is 23.0. The number of rotatable bonds is 8. The van der Waals surface area contributed by atoms with E-state index < -0.39 is 6.04 Å². The van der Waals surface area contributed by atoms with Crippen LogP contribution in [0.2, 0.25) is 0 Å². The molecule has 0 spiro atoms. The minimum Gasteiger partial charge on any atom is -0.489 e. The molecule has 1 aromatic rings. The van der Waals surface area contributed by atoms with Gasteiger partial charge < -0.3 is 20.5 Å². The number of ether oxygens (including phenoxy) is 1. The number of allylic oxidation sites excluding steroid dienone is 1. The predicted octanol–water partition coefficient (Wildman–Crippen LogP) is 1.56. The van der Waals surface area contributed by atoms with E-state index in [2.05, 4.69) is 10.6 Å². The van der Waals surface area contributed by atoms with Crippen LogP contribution in [0.4, 0.5) is 4.39 Å². The molecule has 1 aliphatic carbocycles. The van der Waals surface area contributed by atoms with Crippen LogP contribution in [0.15, 0.2) is 48.3 Å². The van der Waals surface area contributed by atoms with Gasteiger partial charge in [-0.05, 0) is 36.3 Å². The molecule has 1 aromatic carbocycles. The summed E-state index contributed by atoms with van der Waals surface area (Å²) in [5.74, 6) is -0.198. The molecule has 0 radical (unpaired) electrons. The minimum absolute atomic E-state index is 0.00701. The lowest BCUT2D eigenvalue weighted by Crippen LogP contribution is -2.42. The molecular formula is C19H23FN2O4. The number of amides is 2. The van der Waals surface area contributed by atoms with E-state index in [9.17, 15) is 19.1 Å². The molecule has 2 unspecified atom stereocenters. The van der Waals surface area contributed by atoms with Gasteiger partial charge in [0.2, 0.25) is 11.8 Å². The van der Waals surface area contributed by atoms with Gasteiger partial charge in [-0.15, -0.1) is 0 Å². The number of halogens is 1. The van der Waals surface area contributed by atoms with Gasteiger partial charge in [0.05, 0.1) is 18.7 Å². The molecule has 0 heterocycles. The molecule has 2 rings (SSSR count). The van der Waals surface area contributed by atoms with Gasteiger partial charge in [0.25, 0.3) is 0 Å². The van der Waals surface area contributed by atoms with Crippen LogP contribution >= 0.6 is 0 Å². The van der Waals surface area contributed by atoms with Crippen molar-refractivity contribution in [3.05, 3.63) is 59.6 Å². The van der Waals surface area contributed by atoms with Gasteiger partial charge in [-0.25, -0.2) is 4.39 Å². The van der Waals surface area contributed by atoms with Crippen LogP contribution in [0.1, 0.15) is 25.3 Å². The third-order valence-electron chi connectivity index (χ3n) is 3.77. The SMILES string of the molecule is CC(=O)NC(CO)CC(=O)NC1C=CC(OCc2cccc(F)c2)=CC1. The third-order valence-corrected chi connectivity index (χ3v) is 3.77. The lowest BCUT2D eigenvalue weighted by atomic mass is 10.1. The zero-order chi connectivity index (χ0) is 18.9. The molecule has 0 saturated heterocycles. The van der Waals surface area contributed by atoms with Crippen LogP contribution in [0.3, 0.4) is 0 Å². The van der Waals surface area contributed by atoms with Crippen molar-refractivity contribution in [2.24, 2.45) is 0 Å². The summed E-state index contributed by atoms with van der Waals surface area (Å²) in [6.45, 7) is 1.30. The summed E-state index contributed by atoms with van der Waals surface area (Å²) >= 11 is 0. The summed E-state index contributed by atoms with van der Waals surface area (Å²) in [6, 6.07) is 5.44. The highest BCUT2D eigenvalue weighted by Crippen LogP contribution is 2.15. The Morgan fingerprint density at radius 3 is 2.85 bits per heavy atom. The lowest BCUT2D eigenvalue weighted by molar-refractivity contribution is -0.123. The van der Waals surface area contributed by atoms with Gasteiger partial charge in [0.15, 0.2) is 0 Å². The molecule has 2 amide bonds. The van der Waals surface area contributed by atoms with Crippen LogP contribution in [0, 0.1) is 5.82 Å². The van der Waals surface area contributed by atoms with Gasteiger partial charge in [0, 0.05) is 13.3 Å². The standard InChI is InChI=1S/C19H23FN2O4/c1-13(24)21-17(11-23)10-19(25)22-16-5-7-18(8-6-16)26-12-14-3-2-4-15(20)9-14/h2-5,7-9,16-17,23H,6,10-12H2,1H3,(H,21,24)(H,22,25). The lowest BCUT2D eigenvalue weighted by Gasteiger charge is -2.20. The molecule has 0 aromatic heterocycles. The highest BCUT2D eigenvalue weighted by Gasteiger charge is 2.17. The average Bonchev–Trinajstić information content (AvgIpc) is 2.60. The first-order valence-corrected chi connectivity index (χ1v) is 8.39. The molecule has 1 aliphatic rings. The Morgan fingerprint density at radius 2 is 2.23 bits per heavy atom. The Labute approximate surface area is 151 Å². The van der Waals surface area contributed by atoms with Crippen molar-refractivity contribution in [3.63, 3.8) is 0 Å². The zero-order valence-electron chi connectivity index (χ0n) is 14.6. The maximum atomic E-state index is 13.1. The molecule has 0 fully saturated rings. The third kappa shape index (κ3) is 6.68. The Morgan fingerprint density at radius 1 is 1.42 bits per heavy atom. The van der Waals surface area contributed by atoms with E-state index in [1.54, 1.807) is 18.2 Å². The molecule has 0 aliphatic heterocycles. The van der Waals surface area contributed by atoms with Gasteiger partial charge in [-0.2, -0.15) is 0 Å². The number of benzene rings is 1. The second-order valence-corrected chi connectivity index (χ2v) is 6.08. The van der Waals surface area contributed by atoms with E-state index in [1.807, 2.05) is 12.2 Å². The van der Waals surface area contributed by atoms with E-state index in [-0.39, 0.29) is 43.3 Å². The first-order chi connectivity index (χ1) is 12.5. The Bertz CT molecular complexity index is 703. The molecule has 6 nitrogen and oxygen atoms in total. The first kappa shape index (κ1) is 19.7. The largest absolute Gasteiger partial charge is 0.489 e. The van der Waals surface area contributed by atoms with Crippen molar-refractivity contribution in [2.75, 3.05) is 6.61 Å². The van der Waals surface area contributed by atoms with Crippen molar-refractivity contribution in [2.45, 2.75) is 38.5 Å². The number of aliphatic hydroxyl groups is 1. The fraction of sp³-hybridized carbons (Fsp3) is 0.368. The van der Waals surface area contributed by atoms with Crippen LogP contribution in [0.25, 0.3) is 0 Å². The minimum atomic E-state index is -0.597. The molecule has 3 N–H and O–H groups in total. The van der Waals surface area contributed by atoms with Crippen molar-refractivity contribution >= 4 is 11.8 Å². The summed E-state index contributed by atoms with van der Waals surface area (Å²) in [6.07, 6.45) is 5.98. The number of carbonyl (C=O) groups excluding carboxylic acids is 2. The van der Waals surface area contributed by atoms with Crippen molar-refractivity contribution in [1.29, 1.82) is 0 Å². The highest BCUT2D eigenvalue weighted by atomic mass is 19.1. The molecule has 0 saturated carbocycles. The maximum absolute atomic E-state index is 13.1. The number of hydrogen-bond donors (Lipinski definition) is 3. The van der Waals surface area contributed by atoms with Crippen LogP contribution in [0.5, 0.6) is 0 Å². The fourth-order valence-corrected chi connectivity index (χ4v) is 2.55. The van der Waals surface area contributed by atoms with E-state index in [0.717, 1.165) is 5.56 Å². The Balaban J connectivity index is 1.75. The molecule has 140 valence electrons. The number of carbonyl (C=O) groups is 2. The van der Waals surface area contributed by atoms with Crippen LogP contribution in [-0.4, -0.2) is 35.6 Å². The van der Waals surface area contributed by atoms with Gasteiger partial charge >= 0.3 is 0 Å². The molecule has 26 heavy (non-hydrogen) atoms. The highest BCUT2D eigenvalue weighted by molar-refractivity contribution is 5.79. The van der Waals surface area contributed by atoms with E-state index >= 15 is 0 Å². The summed E-state index contributed by atoms with van der Waals surface area (Å²) in [5, 5.41) is 14.5. The second-order valence-electron chi connectivity index (χ2n) is 6.08. The number of hydrogen-bond acceptors (Lipinski definition) is 4. The molecule has 2 atom stereocenters. The zero-order valence-corrected chi connectivity index (χ0v) is 14.6. The van der Waals surface area contributed by atoms with Crippen LogP contribution in [-0.2, 0) is 20.9 Å². The molecule has 0 bridgehead atoms. The fourth-order valence-electron chi connectivity index (χ4n) is 2.55. The van der Waals surface area contributed by atoms with E-state index in [4.69, 9.17) is 4.74 Å². The van der Waals surface area contributed by atoms with Crippen molar-refractivity contribution in [1.82, 2.24) is 10.6 Å². The smallest absolute Gasteiger partial charge is 0.222 e. The summed E-state index contributed by atoms with van der Waals surface area (Å²) < 4.78 is 18.7. The van der Waals surface area contributed by atoms with Gasteiger partial charge in [-0.1, -0.05) is 18.2 Å². The predicted molar refractivity (Wildman–Crippen MR) is 94.3 cm³/mol. The second kappa shape index (κ2) is 9.72. The number of nitrogens with one attached hydrogen (secondary N) is 2. The van der Waals surface area contributed by atoms with Crippen molar-refractivity contribution in [3.8, 4) is 0 Å². The average molecular weight is 362 g/mol. The Kier molecular flexibility index (Phi) is 7.35. The van der Waals surface area contributed by atoms with E-state index in [0.29, 0.717) is 12.2 Å². The van der Waals surface area contributed by atoms with Crippen LogP contribution < -0.4 is 10.6 Å². The molecule has 7 heteroatoms. The first-order valence-electron chi connectivity index (χ1n) is 8.39.